The van der Waals surface area contributed by atoms with Crippen LogP contribution in [-0.4, -0.2) is 0 Å². The van der Waals surface area contributed by atoms with Crippen LogP contribution in [0.1, 0.15) is 29.2 Å². The molecule has 0 amide bonds. The van der Waals surface area contributed by atoms with Crippen molar-refractivity contribution in [2.75, 3.05) is 0 Å². The topological polar surface area (TPSA) is 0 Å². The van der Waals surface area contributed by atoms with Crippen molar-refractivity contribution in [1.82, 2.24) is 0 Å². The van der Waals surface area contributed by atoms with E-state index >= 15 is 0 Å². The van der Waals surface area contributed by atoms with Crippen LogP contribution in [0.4, 0.5) is 0 Å². The van der Waals surface area contributed by atoms with Crippen molar-refractivity contribution < 1.29 is 0 Å². The molecule has 0 spiro atoms. The summed E-state index contributed by atoms with van der Waals surface area (Å²) in [6.07, 6.45) is 2.21. The van der Waals surface area contributed by atoms with Crippen molar-refractivity contribution in [3.8, 4) is 0 Å². The van der Waals surface area contributed by atoms with Gasteiger partial charge in [0.05, 0.1) is 0 Å². The Labute approximate surface area is 111 Å². The Balaban J connectivity index is 2.95. The number of halogens is 1. The molecule has 2 aromatic rings. The largest absolute Gasteiger partial charge is 0.0616 e. The van der Waals surface area contributed by atoms with Crippen molar-refractivity contribution >= 4 is 32.8 Å². The maximum absolute atomic E-state index is 3.54. The van der Waals surface area contributed by atoms with Crippen LogP contribution in [-0.2, 0) is 0 Å². The summed E-state index contributed by atoms with van der Waals surface area (Å²) in [5, 5.41) is 2.70. The number of fused-ring (bicyclic) bond motifs is 1. The fraction of sp³-hybridized carbons (Fsp3) is 0.250. The van der Waals surface area contributed by atoms with Gasteiger partial charge in [-0.15, -0.1) is 0 Å². The standard InChI is InChI=1S/C16H17Br/c1-10(17)9-16-13(4)11(2)12(3)14-7-5-6-8-15(14)16/h5-9H,1-4H3. The molecule has 0 N–H and O–H groups in total. The molecule has 2 aromatic carbocycles. The van der Waals surface area contributed by atoms with Gasteiger partial charge < -0.3 is 0 Å². The molecule has 2 rings (SSSR count). The van der Waals surface area contributed by atoms with Gasteiger partial charge >= 0.3 is 0 Å². The van der Waals surface area contributed by atoms with E-state index in [1.54, 1.807) is 0 Å². The third-order valence-electron chi connectivity index (χ3n) is 3.49. The van der Waals surface area contributed by atoms with Gasteiger partial charge in [0, 0.05) is 0 Å². The van der Waals surface area contributed by atoms with Gasteiger partial charge in [0.2, 0.25) is 0 Å². The Morgan fingerprint density at radius 3 is 2.12 bits per heavy atom. The van der Waals surface area contributed by atoms with Crippen LogP contribution in [0, 0.1) is 20.8 Å². The quantitative estimate of drug-likeness (QED) is 0.648. The van der Waals surface area contributed by atoms with Crippen LogP contribution in [0.2, 0.25) is 0 Å². The lowest BCUT2D eigenvalue weighted by atomic mass is 9.91. The summed E-state index contributed by atoms with van der Waals surface area (Å²) in [6, 6.07) is 8.63. The molecule has 0 aromatic heterocycles. The third-order valence-corrected chi connectivity index (χ3v) is 3.72. The Morgan fingerprint density at radius 2 is 1.53 bits per heavy atom. The molecule has 0 radical (unpaired) electrons. The van der Waals surface area contributed by atoms with E-state index in [2.05, 4.69) is 74.0 Å². The number of benzene rings is 2. The van der Waals surface area contributed by atoms with Crippen LogP contribution in [0.5, 0.6) is 0 Å². The van der Waals surface area contributed by atoms with Crippen LogP contribution < -0.4 is 0 Å². The van der Waals surface area contributed by atoms with Crippen molar-refractivity contribution in [1.29, 1.82) is 0 Å². The molecule has 0 aliphatic carbocycles. The second-order valence-corrected chi connectivity index (χ2v) is 5.82. The molecule has 88 valence electrons. The predicted molar refractivity (Wildman–Crippen MR) is 80.7 cm³/mol. The number of allylic oxidation sites excluding steroid dienone is 1. The lowest BCUT2D eigenvalue weighted by Gasteiger charge is -2.14. The van der Waals surface area contributed by atoms with E-state index in [1.165, 1.54) is 33.0 Å². The molecule has 1 heteroatoms. The zero-order valence-electron chi connectivity index (χ0n) is 10.8. The Bertz CT molecular complexity index is 602. The van der Waals surface area contributed by atoms with Crippen LogP contribution >= 0.6 is 15.9 Å². The molecule has 17 heavy (non-hydrogen) atoms. The molecular weight excluding hydrogens is 272 g/mol. The lowest BCUT2D eigenvalue weighted by Crippen LogP contribution is -1.94. The zero-order chi connectivity index (χ0) is 12.6. The molecule has 0 saturated heterocycles. The van der Waals surface area contributed by atoms with Gasteiger partial charge in [-0.3, -0.25) is 0 Å². The number of hydrogen-bond acceptors (Lipinski definition) is 0. The smallest absolute Gasteiger partial charge is 0.00741 e. The van der Waals surface area contributed by atoms with Crippen molar-refractivity contribution in [2.24, 2.45) is 0 Å². The van der Waals surface area contributed by atoms with Gasteiger partial charge in [0.15, 0.2) is 0 Å². The minimum atomic E-state index is 1.16. The average molecular weight is 289 g/mol. The van der Waals surface area contributed by atoms with Crippen molar-refractivity contribution in [3.05, 3.63) is 51.0 Å². The monoisotopic (exact) mass is 288 g/mol. The van der Waals surface area contributed by atoms with E-state index in [0.717, 1.165) is 4.48 Å². The van der Waals surface area contributed by atoms with E-state index in [9.17, 15) is 0 Å². The molecule has 0 atom stereocenters. The van der Waals surface area contributed by atoms with Gasteiger partial charge in [0.1, 0.15) is 0 Å². The van der Waals surface area contributed by atoms with E-state index in [-0.39, 0.29) is 0 Å². The Morgan fingerprint density at radius 1 is 0.941 bits per heavy atom. The summed E-state index contributed by atoms with van der Waals surface area (Å²) < 4.78 is 1.16. The predicted octanol–water partition coefficient (Wildman–Crippen LogP) is 5.52. The molecule has 0 unspecified atom stereocenters. The highest BCUT2D eigenvalue weighted by atomic mass is 79.9. The summed E-state index contributed by atoms with van der Waals surface area (Å²) in [4.78, 5) is 0. The first-order valence-corrected chi connectivity index (χ1v) is 6.64. The maximum Gasteiger partial charge on any atom is -0.00741 e. The van der Waals surface area contributed by atoms with Crippen LogP contribution in [0.15, 0.2) is 28.7 Å². The highest BCUT2D eigenvalue weighted by Crippen LogP contribution is 2.31. The first-order chi connectivity index (χ1) is 8.02. The molecule has 0 saturated carbocycles. The number of rotatable bonds is 1. The van der Waals surface area contributed by atoms with Gasteiger partial charge in [0.25, 0.3) is 0 Å². The average Bonchev–Trinajstić information content (AvgIpc) is 2.31. The summed E-state index contributed by atoms with van der Waals surface area (Å²) in [6.45, 7) is 8.69. The van der Waals surface area contributed by atoms with Crippen molar-refractivity contribution in [3.63, 3.8) is 0 Å². The fourth-order valence-electron chi connectivity index (χ4n) is 2.32. The Hall–Kier alpha value is -1.08. The first kappa shape index (κ1) is 12.4. The Kier molecular flexibility index (Phi) is 3.39. The number of aryl methyl sites for hydroxylation is 1. The van der Waals surface area contributed by atoms with E-state index in [1.807, 2.05) is 0 Å². The fourth-order valence-corrected chi connectivity index (χ4v) is 2.55. The van der Waals surface area contributed by atoms with Gasteiger partial charge in [-0.25, -0.2) is 0 Å². The van der Waals surface area contributed by atoms with Crippen LogP contribution in [0.25, 0.3) is 16.8 Å². The molecule has 0 bridgehead atoms. The van der Waals surface area contributed by atoms with Crippen molar-refractivity contribution in [2.45, 2.75) is 27.7 Å². The molecular formula is C16H17Br. The molecule has 0 aliphatic rings. The summed E-state index contributed by atoms with van der Waals surface area (Å²) >= 11 is 3.54. The van der Waals surface area contributed by atoms with Gasteiger partial charge in [-0.1, -0.05) is 40.2 Å². The minimum absolute atomic E-state index is 1.16. The zero-order valence-corrected chi connectivity index (χ0v) is 12.4. The van der Waals surface area contributed by atoms with E-state index in [0.29, 0.717) is 0 Å². The molecule has 0 heterocycles. The molecule has 0 fully saturated rings. The summed E-state index contributed by atoms with van der Waals surface area (Å²) in [5.74, 6) is 0. The number of hydrogen-bond donors (Lipinski definition) is 0. The third kappa shape index (κ3) is 2.16. The second kappa shape index (κ2) is 4.66. The van der Waals surface area contributed by atoms with Gasteiger partial charge in [-0.05, 0) is 71.3 Å². The van der Waals surface area contributed by atoms with E-state index in [4.69, 9.17) is 0 Å². The summed E-state index contributed by atoms with van der Waals surface area (Å²) in [7, 11) is 0. The van der Waals surface area contributed by atoms with Gasteiger partial charge in [-0.2, -0.15) is 0 Å². The first-order valence-electron chi connectivity index (χ1n) is 5.84. The highest BCUT2D eigenvalue weighted by Gasteiger charge is 2.09. The van der Waals surface area contributed by atoms with E-state index < -0.39 is 0 Å². The molecule has 0 nitrogen and oxygen atoms in total. The minimum Gasteiger partial charge on any atom is -0.0616 e. The second-order valence-electron chi connectivity index (χ2n) is 4.57. The van der Waals surface area contributed by atoms with Crippen LogP contribution in [0.3, 0.4) is 0 Å². The normalized spacial score (nSPS) is 12.2. The highest BCUT2D eigenvalue weighted by molar-refractivity contribution is 9.11. The maximum atomic E-state index is 3.54. The molecule has 0 aliphatic heterocycles. The lowest BCUT2D eigenvalue weighted by molar-refractivity contribution is 1.29. The SMILES string of the molecule is CC(Br)=Cc1c(C)c(C)c(C)c2ccccc12. The summed E-state index contributed by atoms with van der Waals surface area (Å²) in [5.41, 5.74) is 5.49.